The van der Waals surface area contributed by atoms with Gasteiger partial charge in [0.05, 0.1) is 39.4 Å². The molecule has 1 aliphatic rings. The maximum atomic E-state index is 13.3. The quantitative estimate of drug-likeness (QED) is 0.130. The van der Waals surface area contributed by atoms with Gasteiger partial charge < -0.3 is 23.4 Å². The fraction of sp³-hybridized carbons (Fsp3) is 0.410. The van der Waals surface area contributed by atoms with Gasteiger partial charge in [0.1, 0.15) is 23.2 Å². The van der Waals surface area contributed by atoms with Crippen LogP contribution in [0.1, 0.15) is 55.9 Å². The first-order valence-corrected chi connectivity index (χ1v) is 19.6. The zero-order valence-electron chi connectivity index (χ0n) is 30.1. The van der Waals surface area contributed by atoms with Gasteiger partial charge in [-0.1, -0.05) is 75.4 Å². The number of methoxy groups -OCH3 is 2. The van der Waals surface area contributed by atoms with Crippen LogP contribution in [0.2, 0.25) is 18.1 Å². The molecule has 0 saturated carbocycles. The Labute approximate surface area is 294 Å². The summed E-state index contributed by atoms with van der Waals surface area (Å²) in [5.41, 5.74) is -0.764. The highest BCUT2D eigenvalue weighted by molar-refractivity contribution is 6.74. The molecule has 1 N–H and O–H groups in total. The second-order valence-corrected chi connectivity index (χ2v) is 19.1. The van der Waals surface area contributed by atoms with Gasteiger partial charge in [0.2, 0.25) is 0 Å². The van der Waals surface area contributed by atoms with Crippen molar-refractivity contribution in [3.8, 4) is 17.6 Å². The summed E-state index contributed by atoms with van der Waals surface area (Å²) in [6, 6.07) is 27.7. The van der Waals surface area contributed by atoms with Gasteiger partial charge in [-0.3, -0.25) is 14.3 Å². The molecule has 264 valence electrons. The minimum Gasteiger partial charge on any atom is -0.497 e. The van der Waals surface area contributed by atoms with Crippen LogP contribution in [-0.4, -0.2) is 50.9 Å². The molecule has 1 saturated heterocycles. The molecule has 2 heterocycles. The van der Waals surface area contributed by atoms with E-state index in [1.165, 1.54) is 10.8 Å². The number of aromatic nitrogens is 2. The largest absolute Gasteiger partial charge is 0.497 e. The molecule has 0 aliphatic carbocycles. The van der Waals surface area contributed by atoms with Crippen molar-refractivity contribution in [2.75, 3.05) is 20.8 Å². The van der Waals surface area contributed by atoms with Crippen LogP contribution in [0.4, 0.5) is 0 Å². The molecule has 1 aliphatic heterocycles. The lowest BCUT2D eigenvalue weighted by atomic mass is 9.80. The Kier molecular flexibility index (Phi) is 10.6. The monoisotopic (exact) mass is 697 g/mol. The summed E-state index contributed by atoms with van der Waals surface area (Å²) in [6.07, 6.45) is 0.289. The van der Waals surface area contributed by atoms with Crippen molar-refractivity contribution < 1.29 is 23.4 Å². The Morgan fingerprint density at radius 3 is 1.96 bits per heavy atom. The van der Waals surface area contributed by atoms with Crippen LogP contribution < -0.4 is 20.7 Å². The molecule has 3 aromatic carbocycles. The zero-order chi connectivity index (χ0) is 36.3. The molecule has 0 bridgehead atoms. The van der Waals surface area contributed by atoms with Crippen LogP contribution in [0.25, 0.3) is 0 Å². The minimum atomic E-state index is -2.41. The number of H-pyrrole nitrogens is 1. The predicted molar refractivity (Wildman–Crippen MR) is 194 cm³/mol. The average molecular weight is 698 g/mol. The van der Waals surface area contributed by atoms with E-state index >= 15 is 0 Å². The van der Waals surface area contributed by atoms with Gasteiger partial charge in [0.25, 0.3) is 5.56 Å². The van der Waals surface area contributed by atoms with Gasteiger partial charge in [-0.25, -0.2) is 4.79 Å². The normalized spacial score (nSPS) is 19.6. The van der Waals surface area contributed by atoms with E-state index in [2.05, 4.69) is 44.9 Å². The van der Waals surface area contributed by atoms with E-state index < -0.39 is 43.1 Å². The van der Waals surface area contributed by atoms with Crippen LogP contribution in [0.5, 0.6) is 11.5 Å². The second-order valence-electron chi connectivity index (χ2n) is 14.3. The van der Waals surface area contributed by atoms with Gasteiger partial charge in [-0.05, 0) is 66.0 Å². The van der Waals surface area contributed by atoms with E-state index in [1.807, 2.05) is 78.9 Å². The van der Waals surface area contributed by atoms with E-state index in [1.54, 1.807) is 21.1 Å². The Balaban J connectivity index is 1.67. The zero-order valence-corrected chi connectivity index (χ0v) is 31.1. The summed E-state index contributed by atoms with van der Waals surface area (Å²) in [5, 5.41) is 9.96. The highest BCUT2D eigenvalue weighted by Gasteiger charge is 2.53. The van der Waals surface area contributed by atoms with Gasteiger partial charge >= 0.3 is 5.69 Å². The number of ether oxygens (including phenoxy) is 4. The van der Waals surface area contributed by atoms with E-state index in [9.17, 15) is 14.9 Å². The molecular formula is C39H47N3O7Si. The third-order valence-corrected chi connectivity index (χ3v) is 14.6. The number of hydrogen-bond acceptors (Lipinski definition) is 8. The highest BCUT2D eigenvalue weighted by Crippen LogP contribution is 2.46. The maximum Gasteiger partial charge on any atom is 0.330 e. The Hall–Kier alpha value is -4.47. The number of aryl methyl sites for hydroxylation is 1. The summed E-state index contributed by atoms with van der Waals surface area (Å²) in [6.45, 7) is 12.5. The molecule has 4 aromatic rings. The van der Waals surface area contributed by atoms with Crippen molar-refractivity contribution in [2.45, 2.75) is 82.2 Å². The maximum absolute atomic E-state index is 13.3. The van der Waals surface area contributed by atoms with Crippen molar-refractivity contribution in [2.24, 2.45) is 0 Å². The van der Waals surface area contributed by atoms with Crippen molar-refractivity contribution in [1.29, 1.82) is 5.26 Å². The number of hydrogen-bond donors (Lipinski definition) is 1. The van der Waals surface area contributed by atoms with E-state index in [4.69, 9.17) is 23.4 Å². The van der Waals surface area contributed by atoms with Crippen LogP contribution in [0.3, 0.4) is 0 Å². The molecular weight excluding hydrogens is 651 g/mol. The lowest BCUT2D eigenvalue weighted by Crippen LogP contribution is -2.47. The van der Waals surface area contributed by atoms with E-state index in [0.29, 0.717) is 17.1 Å². The highest BCUT2D eigenvalue weighted by atomic mass is 28.4. The van der Waals surface area contributed by atoms with Crippen molar-refractivity contribution >= 4 is 8.32 Å². The Morgan fingerprint density at radius 1 is 0.920 bits per heavy atom. The Bertz CT molecular complexity index is 1880. The van der Waals surface area contributed by atoms with Crippen molar-refractivity contribution in [1.82, 2.24) is 9.55 Å². The number of aromatic amines is 1. The first-order valence-electron chi connectivity index (χ1n) is 16.7. The third-order valence-electron chi connectivity index (χ3n) is 10.1. The molecule has 0 amide bonds. The first kappa shape index (κ1) is 36.8. The standard InChI is InChI=1S/C39H47N3O7Si/c1-27-25-42(36(44)41-35(27)43)38(22-23-40)24-33(49-50(7,8)37(2,3)4)34(48-38)26-47-39(28-12-10-9-11-13-28,29-14-18-31(45-5)19-15-29)30-16-20-32(46-6)21-17-30/h9-21,25,33-34H,22,24,26H2,1-8H3,(H,41,43,44)/t33?,34-,38-/m1/s1. The van der Waals surface area contributed by atoms with Gasteiger partial charge in [0, 0.05) is 18.2 Å². The smallest absolute Gasteiger partial charge is 0.330 e. The first-order chi connectivity index (χ1) is 23.7. The molecule has 0 radical (unpaired) electrons. The minimum absolute atomic E-state index is 0.0382. The SMILES string of the molecule is COc1ccc(C(OC[C@H]2O[C@@](CC#N)(n3cc(C)c(=O)[nH]c3=O)CC2O[Si](C)(C)C(C)(C)C)(c2ccccc2)c2ccc(OC)cc2)cc1. The van der Waals surface area contributed by atoms with Crippen molar-refractivity contribution in [3.63, 3.8) is 0 Å². The fourth-order valence-corrected chi connectivity index (χ4v) is 7.64. The number of nitrogens with one attached hydrogen (secondary N) is 1. The lowest BCUT2D eigenvalue weighted by Gasteiger charge is -2.40. The third kappa shape index (κ3) is 7.07. The second kappa shape index (κ2) is 14.4. The number of nitrogens with zero attached hydrogens (tertiary/aromatic N) is 2. The predicted octanol–water partition coefficient (Wildman–Crippen LogP) is 6.62. The molecule has 11 heteroatoms. The molecule has 10 nitrogen and oxygen atoms in total. The summed E-state index contributed by atoms with van der Waals surface area (Å²) in [7, 11) is 0.843. The van der Waals surface area contributed by atoms with Gasteiger partial charge in [-0.15, -0.1) is 0 Å². The molecule has 1 unspecified atom stereocenters. The lowest BCUT2D eigenvalue weighted by molar-refractivity contribution is -0.138. The fourth-order valence-electron chi connectivity index (χ4n) is 6.29. The number of benzene rings is 3. The van der Waals surface area contributed by atoms with Crippen LogP contribution in [0.15, 0.2) is 94.6 Å². The van der Waals surface area contributed by atoms with Gasteiger partial charge in [-0.2, -0.15) is 5.26 Å². The van der Waals surface area contributed by atoms with Crippen LogP contribution in [0, 0.1) is 18.3 Å². The van der Waals surface area contributed by atoms with Crippen LogP contribution >= 0.6 is 0 Å². The molecule has 1 aromatic heterocycles. The molecule has 0 spiro atoms. The molecule has 5 rings (SSSR count). The summed E-state index contributed by atoms with van der Waals surface area (Å²) in [5.74, 6) is 1.41. The summed E-state index contributed by atoms with van der Waals surface area (Å²) < 4.78 is 33.5. The van der Waals surface area contributed by atoms with E-state index in [0.717, 1.165) is 16.7 Å². The van der Waals surface area contributed by atoms with E-state index in [-0.39, 0.29) is 24.5 Å². The Morgan fingerprint density at radius 2 is 1.46 bits per heavy atom. The molecule has 3 atom stereocenters. The number of rotatable bonds is 12. The molecule has 1 fully saturated rings. The molecule has 50 heavy (non-hydrogen) atoms. The van der Waals surface area contributed by atoms with Crippen molar-refractivity contribution in [3.05, 3.63) is 128 Å². The van der Waals surface area contributed by atoms with Gasteiger partial charge in [0.15, 0.2) is 14.0 Å². The average Bonchev–Trinajstić information content (AvgIpc) is 3.43. The topological polar surface area (TPSA) is 125 Å². The van der Waals surface area contributed by atoms with Crippen LogP contribution in [-0.2, 0) is 25.2 Å². The number of nitriles is 1. The summed E-state index contributed by atoms with van der Waals surface area (Å²) in [4.78, 5) is 28.1. The summed E-state index contributed by atoms with van der Waals surface area (Å²) >= 11 is 0.